The van der Waals surface area contributed by atoms with Crippen LogP contribution in [-0.4, -0.2) is 54.5 Å². The normalized spacial score (nSPS) is 20.3. The largest absolute Gasteiger partial charge is 0.485 e. The lowest BCUT2D eigenvalue weighted by Crippen LogP contribution is -2.56. The van der Waals surface area contributed by atoms with Crippen molar-refractivity contribution in [1.29, 1.82) is 0 Å². The fraction of sp³-hybridized carbons (Fsp3) is 0.611. The second kappa shape index (κ2) is 7.54. The fourth-order valence-corrected chi connectivity index (χ4v) is 3.50. The summed E-state index contributed by atoms with van der Waals surface area (Å²) in [6.45, 7) is 6.94. The lowest BCUT2D eigenvalue weighted by Gasteiger charge is -2.40. The van der Waals surface area contributed by atoms with Crippen LogP contribution in [0.4, 0.5) is 0 Å². The minimum Gasteiger partial charge on any atom is -0.485 e. The third kappa shape index (κ3) is 4.18. The number of amides is 1. The molecule has 0 aromatic heterocycles. The summed E-state index contributed by atoms with van der Waals surface area (Å²) in [5, 5.41) is 0.625. The number of halogens is 1. The van der Waals surface area contributed by atoms with Gasteiger partial charge in [0.25, 0.3) is 0 Å². The Hall–Kier alpha value is -1.26. The quantitative estimate of drug-likeness (QED) is 0.828. The predicted octanol–water partition coefficient (Wildman–Crippen LogP) is 3.05. The summed E-state index contributed by atoms with van der Waals surface area (Å²) in [6.07, 6.45) is 3.05. The van der Waals surface area contributed by atoms with Gasteiger partial charge in [0.05, 0.1) is 18.1 Å². The minimum absolute atomic E-state index is 0.0702. The summed E-state index contributed by atoms with van der Waals surface area (Å²) in [7, 11) is 0. The van der Waals surface area contributed by atoms with Crippen molar-refractivity contribution in [3.05, 3.63) is 29.3 Å². The van der Waals surface area contributed by atoms with Crippen LogP contribution in [0.15, 0.2) is 24.3 Å². The molecule has 0 bridgehead atoms. The first-order valence-electron chi connectivity index (χ1n) is 8.57. The van der Waals surface area contributed by atoms with Gasteiger partial charge in [0.1, 0.15) is 11.9 Å². The number of para-hydroxylation sites is 1. The molecule has 4 nitrogen and oxygen atoms in total. The molecule has 126 valence electrons. The van der Waals surface area contributed by atoms with E-state index in [-0.39, 0.29) is 12.0 Å². The topological polar surface area (TPSA) is 32.8 Å². The summed E-state index contributed by atoms with van der Waals surface area (Å²) in [5.41, 5.74) is 0. The van der Waals surface area contributed by atoms with E-state index in [1.54, 1.807) is 0 Å². The van der Waals surface area contributed by atoms with Crippen molar-refractivity contribution in [2.75, 3.05) is 32.7 Å². The molecule has 0 spiro atoms. The van der Waals surface area contributed by atoms with Gasteiger partial charge in [-0.3, -0.25) is 4.79 Å². The first-order chi connectivity index (χ1) is 11.2. The number of nitrogens with zero attached hydrogens (tertiary/aromatic N) is 2. The van der Waals surface area contributed by atoms with Crippen LogP contribution in [0.25, 0.3) is 0 Å². The smallest absolute Gasteiger partial charge is 0.223 e. The molecule has 23 heavy (non-hydrogen) atoms. The van der Waals surface area contributed by atoms with Gasteiger partial charge >= 0.3 is 0 Å². The number of benzene rings is 1. The Morgan fingerprint density at radius 1 is 1.26 bits per heavy atom. The van der Waals surface area contributed by atoms with Crippen molar-refractivity contribution in [1.82, 2.24) is 9.80 Å². The van der Waals surface area contributed by atoms with Gasteiger partial charge in [-0.15, -0.1) is 0 Å². The van der Waals surface area contributed by atoms with Gasteiger partial charge in [0.15, 0.2) is 0 Å². The molecule has 5 heteroatoms. The van der Waals surface area contributed by atoms with E-state index in [1.165, 1.54) is 0 Å². The molecule has 0 N–H and O–H groups in total. The van der Waals surface area contributed by atoms with Crippen LogP contribution in [0.5, 0.6) is 5.75 Å². The van der Waals surface area contributed by atoms with Crippen LogP contribution < -0.4 is 4.74 Å². The van der Waals surface area contributed by atoms with Crippen LogP contribution in [0.2, 0.25) is 5.02 Å². The standard InChI is InChI=1S/C18H25ClN2O2/c1-2-20-9-7-14(8-10-20)11-18(22)21-12-15(13-21)23-17-6-4-3-5-16(17)19/h3-6,14-15H,2,7-13H2,1H3. The maximum absolute atomic E-state index is 12.3. The van der Waals surface area contributed by atoms with Gasteiger partial charge in [0.2, 0.25) is 5.91 Å². The van der Waals surface area contributed by atoms with E-state index in [1.807, 2.05) is 29.2 Å². The Labute approximate surface area is 143 Å². The number of rotatable bonds is 5. The zero-order valence-electron chi connectivity index (χ0n) is 13.7. The van der Waals surface area contributed by atoms with Crippen LogP contribution in [0.1, 0.15) is 26.2 Å². The molecule has 2 heterocycles. The van der Waals surface area contributed by atoms with Crippen LogP contribution >= 0.6 is 11.6 Å². The van der Waals surface area contributed by atoms with Crippen molar-refractivity contribution in [2.24, 2.45) is 5.92 Å². The summed E-state index contributed by atoms with van der Waals surface area (Å²) in [6, 6.07) is 7.48. The summed E-state index contributed by atoms with van der Waals surface area (Å²) in [5.74, 6) is 1.53. The number of piperidine rings is 1. The summed E-state index contributed by atoms with van der Waals surface area (Å²) in [4.78, 5) is 16.7. The molecule has 0 saturated carbocycles. The van der Waals surface area contributed by atoms with Gasteiger partial charge in [-0.05, 0) is 50.5 Å². The highest BCUT2D eigenvalue weighted by Gasteiger charge is 2.33. The molecule has 0 radical (unpaired) electrons. The number of carbonyl (C=O) groups excluding carboxylic acids is 1. The molecular formula is C18H25ClN2O2. The van der Waals surface area contributed by atoms with Gasteiger partial charge in [0, 0.05) is 6.42 Å². The number of likely N-dealkylation sites (tertiary alicyclic amines) is 2. The van der Waals surface area contributed by atoms with Crippen molar-refractivity contribution in [3.8, 4) is 5.75 Å². The van der Waals surface area contributed by atoms with Crippen molar-refractivity contribution in [3.63, 3.8) is 0 Å². The highest BCUT2D eigenvalue weighted by atomic mass is 35.5. The monoisotopic (exact) mass is 336 g/mol. The Kier molecular flexibility index (Phi) is 5.44. The van der Waals surface area contributed by atoms with E-state index in [0.29, 0.717) is 36.2 Å². The Morgan fingerprint density at radius 3 is 2.61 bits per heavy atom. The molecular weight excluding hydrogens is 312 g/mol. The van der Waals surface area contributed by atoms with E-state index >= 15 is 0 Å². The van der Waals surface area contributed by atoms with Crippen molar-refractivity contribution >= 4 is 17.5 Å². The van der Waals surface area contributed by atoms with Crippen molar-refractivity contribution < 1.29 is 9.53 Å². The Bertz CT molecular complexity index is 538. The molecule has 0 aliphatic carbocycles. The molecule has 2 aliphatic rings. The second-order valence-corrected chi connectivity index (χ2v) is 6.96. The number of hydrogen-bond donors (Lipinski definition) is 0. The third-order valence-electron chi connectivity index (χ3n) is 4.95. The molecule has 3 rings (SSSR count). The van der Waals surface area contributed by atoms with Crippen LogP contribution in [0, 0.1) is 5.92 Å². The third-order valence-corrected chi connectivity index (χ3v) is 5.26. The average molecular weight is 337 g/mol. The van der Waals surface area contributed by atoms with E-state index in [4.69, 9.17) is 16.3 Å². The molecule has 2 fully saturated rings. The van der Waals surface area contributed by atoms with E-state index < -0.39 is 0 Å². The maximum Gasteiger partial charge on any atom is 0.223 e. The lowest BCUT2D eigenvalue weighted by molar-refractivity contribution is -0.141. The molecule has 1 aromatic rings. The highest BCUT2D eigenvalue weighted by Crippen LogP contribution is 2.27. The number of ether oxygens (including phenoxy) is 1. The second-order valence-electron chi connectivity index (χ2n) is 6.55. The zero-order chi connectivity index (χ0) is 16.2. The highest BCUT2D eigenvalue weighted by molar-refractivity contribution is 6.32. The van der Waals surface area contributed by atoms with E-state index in [2.05, 4.69) is 11.8 Å². The SMILES string of the molecule is CCN1CCC(CC(=O)N2CC(Oc3ccccc3Cl)C2)CC1. The Balaban J connectivity index is 1.39. The molecule has 2 saturated heterocycles. The minimum atomic E-state index is 0.0702. The molecule has 0 atom stereocenters. The number of hydrogen-bond acceptors (Lipinski definition) is 3. The first-order valence-corrected chi connectivity index (χ1v) is 8.94. The number of carbonyl (C=O) groups is 1. The molecule has 0 unspecified atom stereocenters. The predicted molar refractivity (Wildman–Crippen MR) is 91.9 cm³/mol. The van der Waals surface area contributed by atoms with Gasteiger partial charge < -0.3 is 14.5 Å². The molecule has 1 amide bonds. The zero-order valence-corrected chi connectivity index (χ0v) is 14.5. The average Bonchev–Trinajstić information content (AvgIpc) is 2.52. The van der Waals surface area contributed by atoms with Crippen molar-refractivity contribution in [2.45, 2.75) is 32.3 Å². The van der Waals surface area contributed by atoms with Gasteiger partial charge in [-0.2, -0.15) is 0 Å². The Morgan fingerprint density at radius 2 is 1.96 bits per heavy atom. The van der Waals surface area contributed by atoms with E-state index in [9.17, 15) is 4.79 Å². The summed E-state index contributed by atoms with van der Waals surface area (Å²) >= 11 is 6.09. The van der Waals surface area contributed by atoms with Gasteiger partial charge in [-0.25, -0.2) is 0 Å². The lowest BCUT2D eigenvalue weighted by atomic mass is 9.92. The van der Waals surface area contributed by atoms with Gasteiger partial charge in [-0.1, -0.05) is 30.7 Å². The molecule has 1 aromatic carbocycles. The fourth-order valence-electron chi connectivity index (χ4n) is 3.32. The van der Waals surface area contributed by atoms with E-state index in [0.717, 1.165) is 32.5 Å². The van der Waals surface area contributed by atoms with Crippen LogP contribution in [0.3, 0.4) is 0 Å². The molecule has 2 aliphatic heterocycles. The first kappa shape index (κ1) is 16.6. The van der Waals surface area contributed by atoms with Crippen LogP contribution in [-0.2, 0) is 4.79 Å². The maximum atomic E-state index is 12.3. The summed E-state index contributed by atoms with van der Waals surface area (Å²) < 4.78 is 5.85.